The van der Waals surface area contributed by atoms with Crippen molar-refractivity contribution >= 4 is 23.2 Å². The van der Waals surface area contributed by atoms with E-state index in [4.69, 9.17) is 4.42 Å². The van der Waals surface area contributed by atoms with Crippen molar-refractivity contribution in [2.75, 3.05) is 39.3 Å². The molecular weight excluding hydrogens is 364 g/mol. The number of rotatable bonds is 7. The Bertz CT molecular complexity index is 764. The van der Waals surface area contributed by atoms with Gasteiger partial charge in [-0.05, 0) is 24.8 Å². The largest absolute Gasteiger partial charge is 0.440 e. The van der Waals surface area contributed by atoms with E-state index in [2.05, 4.69) is 15.2 Å². The van der Waals surface area contributed by atoms with Gasteiger partial charge >= 0.3 is 0 Å². The van der Waals surface area contributed by atoms with Crippen molar-refractivity contribution in [1.29, 1.82) is 0 Å². The van der Waals surface area contributed by atoms with E-state index >= 15 is 0 Å². The van der Waals surface area contributed by atoms with Crippen LogP contribution in [0.1, 0.15) is 24.8 Å². The van der Waals surface area contributed by atoms with E-state index in [1.165, 1.54) is 0 Å². The van der Waals surface area contributed by atoms with Crippen LogP contribution in [0.2, 0.25) is 0 Å². The van der Waals surface area contributed by atoms with Gasteiger partial charge in [-0.3, -0.25) is 14.5 Å². The average Bonchev–Trinajstić information content (AvgIpc) is 3.31. The van der Waals surface area contributed by atoms with Gasteiger partial charge < -0.3 is 14.6 Å². The summed E-state index contributed by atoms with van der Waals surface area (Å²) in [6.45, 7) is 7.68. The van der Waals surface area contributed by atoms with Gasteiger partial charge in [0.1, 0.15) is 5.76 Å². The average molecular weight is 391 g/mol. The van der Waals surface area contributed by atoms with E-state index in [0.29, 0.717) is 56.6 Å². The second kappa shape index (κ2) is 9.14. The maximum Gasteiger partial charge on any atom is 0.236 e. The summed E-state index contributed by atoms with van der Waals surface area (Å²) in [5, 5.41) is 4.86. The summed E-state index contributed by atoms with van der Waals surface area (Å²) in [5.41, 5.74) is 0.699. The molecule has 1 aliphatic rings. The van der Waals surface area contributed by atoms with Gasteiger partial charge in [-0.2, -0.15) is 0 Å². The molecule has 0 bridgehead atoms. The minimum atomic E-state index is 0.0518. The number of nitrogens with one attached hydrogen (secondary N) is 1. The summed E-state index contributed by atoms with van der Waals surface area (Å²) in [4.78, 5) is 33.8. The van der Waals surface area contributed by atoms with E-state index in [0.717, 1.165) is 11.3 Å². The molecular formula is C19H26N4O3S. The van der Waals surface area contributed by atoms with Crippen LogP contribution in [0.3, 0.4) is 0 Å². The summed E-state index contributed by atoms with van der Waals surface area (Å²) in [6, 6.07) is 3.91. The van der Waals surface area contributed by atoms with E-state index in [1.807, 2.05) is 36.3 Å². The number of aryl methyl sites for hydroxylation is 1. The first-order valence-electron chi connectivity index (χ1n) is 9.33. The molecule has 1 fully saturated rings. The standard InChI is InChI=1S/C19H26N4O3S/c1-3-6-20-17(24)13-22-7-9-23(10-8-22)18(25)12-15-14(2)26-19(21-15)16-5-4-11-27-16/h4-5,11H,3,6-10,12-13H2,1-2H3,(H,20,24). The Kier molecular flexibility index (Phi) is 6.63. The zero-order chi connectivity index (χ0) is 19.2. The lowest BCUT2D eigenvalue weighted by Crippen LogP contribution is -2.51. The van der Waals surface area contributed by atoms with Crippen LogP contribution >= 0.6 is 11.3 Å². The summed E-state index contributed by atoms with van der Waals surface area (Å²) in [5.74, 6) is 1.38. The number of piperazine rings is 1. The van der Waals surface area contributed by atoms with E-state index < -0.39 is 0 Å². The molecule has 0 aromatic carbocycles. The predicted octanol–water partition coefficient (Wildman–Crippen LogP) is 1.92. The zero-order valence-electron chi connectivity index (χ0n) is 15.9. The molecule has 8 heteroatoms. The van der Waals surface area contributed by atoms with E-state index in [-0.39, 0.29) is 18.2 Å². The van der Waals surface area contributed by atoms with Gasteiger partial charge in [0.2, 0.25) is 17.7 Å². The molecule has 27 heavy (non-hydrogen) atoms. The lowest BCUT2D eigenvalue weighted by atomic mass is 10.2. The molecule has 146 valence electrons. The molecule has 0 atom stereocenters. The quantitative estimate of drug-likeness (QED) is 0.781. The van der Waals surface area contributed by atoms with Gasteiger partial charge in [-0.15, -0.1) is 11.3 Å². The fraction of sp³-hybridized carbons (Fsp3) is 0.526. The van der Waals surface area contributed by atoms with Crippen LogP contribution in [-0.2, 0) is 16.0 Å². The molecule has 0 radical (unpaired) electrons. The van der Waals surface area contributed by atoms with Crippen LogP contribution in [0.15, 0.2) is 21.9 Å². The van der Waals surface area contributed by atoms with Gasteiger partial charge in [0.25, 0.3) is 0 Å². The Morgan fingerprint density at radius 1 is 1.30 bits per heavy atom. The number of aromatic nitrogens is 1. The zero-order valence-corrected chi connectivity index (χ0v) is 16.7. The highest BCUT2D eigenvalue weighted by atomic mass is 32.1. The van der Waals surface area contributed by atoms with E-state index in [1.54, 1.807) is 11.3 Å². The maximum absolute atomic E-state index is 12.6. The fourth-order valence-electron chi connectivity index (χ4n) is 3.03. The van der Waals surface area contributed by atoms with Gasteiger partial charge in [-0.1, -0.05) is 13.0 Å². The van der Waals surface area contributed by atoms with Gasteiger partial charge in [0, 0.05) is 32.7 Å². The summed E-state index contributed by atoms with van der Waals surface area (Å²) >= 11 is 1.57. The Morgan fingerprint density at radius 3 is 2.74 bits per heavy atom. The number of amides is 2. The number of carbonyl (C=O) groups excluding carboxylic acids is 2. The van der Waals surface area contributed by atoms with Crippen LogP contribution in [-0.4, -0.2) is 65.9 Å². The molecule has 3 heterocycles. The van der Waals surface area contributed by atoms with E-state index in [9.17, 15) is 9.59 Å². The topological polar surface area (TPSA) is 78.7 Å². The van der Waals surface area contributed by atoms with Crippen molar-refractivity contribution in [2.24, 2.45) is 0 Å². The molecule has 1 saturated heterocycles. The van der Waals surface area contributed by atoms with Crippen LogP contribution in [0.4, 0.5) is 0 Å². The lowest BCUT2D eigenvalue weighted by molar-refractivity contribution is -0.132. The lowest BCUT2D eigenvalue weighted by Gasteiger charge is -2.34. The Labute approximate surface area is 163 Å². The molecule has 2 aromatic rings. The molecule has 2 amide bonds. The second-order valence-corrected chi connectivity index (χ2v) is 7.63. The molecule has 0 aliphatic carbocycles. The third-order valence-electron chi connectivity index (χ3n) is 4.61. The highest BCUT2D eigenvalue weighted by molar-refractivity contribution is 7.13. The van der Waals surface area contributed by atoms with Crippen molar-refractivity contribution in [3.05, 3.63) is 29.0 Å². The van der Waals surface area contributed by atoms with Crippen molar-refractivity contribution in [3.63, 3.8) is 0 Å². The maximum atomic E-state index is 12.6. The third-order valence-corrected chi connectivity index (χ3v) is 5.47. The fourth-order valence-corrected chi connectivity index (χ4v) is 3.68. The summed E-state index contributed by atoms with van der Waals surface area (Å²) in [7, 11) is 0. The number of oxazole rings is 1. The molecule has 3 rings (SSSR count). The third kappa shape index (κ3) is 5.17. The van der Waals surface area contributed by atoms with Crippen LogP contribution in [0.5, 0.6) is 0 Å². The molecule has 7 nitrogen and oxygen atoms in total. The highest BCUT2D eigenvalue weighted by Gasteiger charge is 2.24. The van der Waals surface area contributed by atoms with Crippen LogP contribution in [0, 0.1) is 6.92 Å². The van der Waals surface area contributed by atoms with Gasteiger partial charge in [-0.25, -0.2) is 4.98 Å². The second-order valence-electron chi connectivity index (χ2n) is 6.68. The monoisotopic (exact) mass is 390 g/mol. The highest BCUT2D eigenvalue weighted by Crippen LogP contribution is 2.26. The first kappa shape index (κ1) is 19.6. The number of hydrogen-bond donors (Lipinski definition) is 1. The number of nitrogens with zero attached hydrogens (tertiary/aromatic N) is 3. The Balaban J connectivity index is 1.49. The van der Waals surface area contributed by atoms with Gasteiger partial charge in [0.15, 0.2) is 0 Å². The van der Waals surface area contributed by atoms with Crippen molar-refractivity contribution < 1.29 is 14.0 Å². The molecule has 0 unspecified atom stereocenters. The number of hydrogen-bond acceptors (Lipinski definition) is 6. The minimum absolute atomic E-state index is 0.0518. The molecule has 1 N–H and O–H groups in total. The normalized spacial score (nSPS) is 15.1. The molecule has 0 spiro atoms. The summed E-state index contributed by atoms with van der Waals surface area (Å²) in [6.07, 6.45) is 1.18. The molecule has 0 saturated carbocycles. The van der Waals surface area contributed by atoms with Gasteiger partial charge in [0.05, 0.1) is 23.5 Å². The SMILES string of the molecule is CCCNC(=O)CN1CCN(C(=O)Cc2nc(-c3cccs3)oc2C)CC1. The Morgan fingerprint density at radius 2 is 2.07 bits per heavy atom. The van der Waals surface area contributed by atoms with Crippen molar-refractivity contribution in [1.82, 2.24) is 20.1 Å². The number of carbonyl (C=O) groups is 2. The van der Waals surface area contributed by atoms with Crippen molar-refractivity contribution in [3.8, 4) is 10.8 Å². The molecule has 2 aromatic heterocycles. The van der Waals surface area contributed by atoms with Crippen molar-refractivity contribution in [2.45, 2.75) is 26.7 Å². The number of thiophene rings is 1. The van der Waals surface area contributed by atoms with Crippen LogP contribution in [0.25, 0.3) is 10.8 Å². The summed E-state index contributed by atoms with van der Waals surface area (Å²) < 4.78 is 5.72. The first-order valence-corrected chi connectivity index (χ1v) is 10.2. The predicted molar refractivity (Wildman–Crippen MR) is 105 cm³/mol. The first-order chi connectivity index (χ1) is 13.1. The molecule has 1 aliphatic heterocycles. The minimum Gasteiger partial charge on any atom is -0.440 e. The van der Waals surface area contributed by atoms with Crippen LogP contribution < -0.4 is 5.32 Å². The smallest absolute Gasteiger partial charge is 0.236 e. The Hall–Kier alpha value is -2.19.